The van der Waals surface area contributed by atoms with E-state index in [0.717, 1.165) is 0 Å². The molecule has 0 aliphatic heterocycles. The molecule has 0 heterocycles. The Labute approximate surface area is 68.4 Å². The Balaban J connectivity index is 0. The molecule has 0 N–H and O–H groups in total. The minimum absolute atomic E-state index is 0.583. The molecule has 0 saturated heterocycles. The van der Waals surface area contributed by atoms with Gasteiger partial charge in [0.05, 0.1) is 0 Å². The van der Waals surface area contributed by atoms with Crippen LogP contribution >= 0.6 is 7.81 Å². The van der Waals surface area contributed by atoms with E-state index >= 15 is 0 Å². The summed E-state index contributed by atoms with van der Waals surface area (Å²) in [4.78, 5) is 0.583. The van der Waals surface area contributed by atoms with E-state index in [9.17, 15) is 25.2 Å². The zero-order valence-electron chi connectivity index (χ0n) is 5.65. The third kappa shape index (κ3) is 2730. The van der Waals surface area contributed by atoms with Crippen LogP contribution in [0.5, 0.6) is 0 Å². The fraction of sp³-hybridized carbons (Fsp3) is 1.00. The molecule has 0 nitrogen and oxygen atoms in total. The molecule has 0 spiro atoms. The van der Waals surface area contributed by atoms with Crippen molar-refractivity contribution in [3.63, 3.8) is 0 Å². The molecule has 0 saturated carbocycles. The van der Waals surface area contributed by atoms with Gasteiger partial charge in [-0.1, -0.05) is 0 Å². The van der Waals surface area contributed by atoms with Crippen LogP contribution in [-0.4, -0.2) is 0 Å². The van der Waals surface area contributed by atoms with Crippen LogP contribution in [0.2, 0.25) is 4.82 Å². The molecular formula is C3H7F6FeP. The Bertz CT molecular complexity index is 105. The molecule has 0 aromatic carbocycles. The van der Waals surface area contributed by atoms with Gasteiger partial charge in [-0.15, -0.1) is 0 Å². The second kappa shape index (κ2) is 2.78. The van der Waals surface area contributed by atoms with Gasteiger partial charge in [0.25, 0.3) is 0 Å². The summed E-state index contributed by atoms with van der Waals surface area (Å²) >= 11 is 3.64. The van der Waals surface area contributed by atoms with Crippen molar-refractivity contribution in [2.75, 3.05) is 0 Å². The molecule has 0 amide bonds. The maximum absolute atomic E-state index is 10.7. The number of hydrogen-bond donors (Lipinski definition) is 0. The van der Waals surface area contributed by atoms with Gasteiger partial charge in [0.1, 0.15) is 0 Å². The van der Waals surface area contributed by atoms with Crippen LogP contribution < -0.4 is 0 Å². The van der Waals surface area contributed by atoms with Gasteiger partial charge in [0, 0.05) is 0 Å². The molecular weight excluding hydrogens is 237 g/mol. The normalized spacial score (nSPS) is 18.0. The van der Waals surface area contributed by atoms with E-state index in [1.165, 1.54) is 0 Å². The Morgan fingerprint density at radius 2 is 0.909 bits per heavy atom. The van der Waals surface area contributed by atoms with E-state index in [4.69, 9.17) is 0 Å². The zero-order chi connectivity index (χ0) is 9.99. The van der Waals surface area contributed by atoms with Crippen molar-refractivity contribution < 1.29 is 41.2 Å². The number of hydrogen-bond acceptors (Lipinski definition) is 0. The predicted octanol–water partition coefficient (Wildman–Crippen LogP) is 4.74. The molecule has 0 bridgehead atoms. The monoisotopic (exact) mass is 244 g/mol. The Morgan fingerprint density at radius 1 is 0.909 bits per heavy atom. The second-order valence-electron chi connectivity index (χ2n) is 1.94. The van der Waals surface area contributed by atoms with Crippen molar-refractivity contribution in [1.82, 2.24) is 0 Å². The standard InChI is InChI=1S/C3H7.F6P.Fe/c1-3-2;1-7(2,3,4,5)6;/h3H,1-2H3;;/q;-1;+1. The van der Waals surface area contributed by atoms with Gasteiger partial charge in [-0.05, 0) is 0 Å². The first-order chi connectivity index (χ1) is 4.18. The SMILES string of the molecule is C[CH](C)[Fe+].F[P-](F)(F)(F)(F)F. The molecule has 0 aliphatic rings. The summed E-state index contributed by atoms with van der Waals surface area (Å²) < 4.78 is 59.2. The number of halogens is 6. The third-order valence-electron chi connectivity index (χ3n) is 0. The van der Waals surface area contributed by atoms with Crippen molar-refractivity contribution in [1.29, 1.82) is 0 Å². The van der Waals surface area contributed by atoms with Crippen LogP contribution in [0.25, 0.3) is 0 Å². The van der Waals surface area contributed by atoms with Gasteiger partial charge in [0.15, 0.2) is 0 Å². The molecule has 8 heteroatoms. The summed E-state index contributed by atoms with van der Waals surface area (Å²) in [6, 6.07) is 0. The molecule has 0 radical (unpaired) electrons. The van der Waals surface area contributed by atoms with E-state index in [0.29, 0.717) is 4.82 Å². The van der Waals surface area contributed by atoms with Gasteiger partial charge in [0.2, 0.25) is 0 Å². The zero-order valence-corrected chi connectivity index (χ0v) is 7.64. The minimum atomic E-state index is -10.7. The third-order valence-corrected chi connectivity index (χ3v) is 0. The van der Waals surface area contributed by atoms with Crippen molar-refractivity contribution in [3.05, 3.63) is 0 Å². The van der Waals surface area contributed by atoms with E-state index in [1.54, 1.807) is 0 Å². The van der Waals surface area contributed by atoms with Crippen molar-refractivity contribution in [3.8, 4) is 0 Å². The van der Waals surface area contributed by atoms with Crippen LogP contribution in [0.4, 0.5) is 25.2 Å². The van der Waals surface area contributed by atoms with E-state index in [1.807, 2.05) is 0 Å². The Morgan fingerprint density at radius 3 is 0.909 bits per heavy atom. The molecule has 74 valence electrons. The molecule has 0 aromatic heterocycles. The van der Waals surface area contributed by atoms with Gasteiger partial charge in [-0.3, -0.25) is 0 Å². The molecule has 0 rings (SSSR count). The van der Waals surface area contributed by atoms with Crippen molar-refractivity contribution in [2.24, 2.45) is 0 Å². The number of rotatable bonds is 0. The summed E-state index contributed by atoms with van der Waals surface area (Å²) in [5.74, 6) is 0. The van der Waals surface area contributed by atoms with E-state index in [2.05, 4.69) is 29.9 Å². The first kappa shape index (κ1) is 14.1. The molecule has 0 aromatic rings. The first-order valence-corrected chi connectivity index (χ1v) is 5.04. The van der Waals surface area contributed by atoms with Crippen LogP contribution in [-0.2, 0) is 16.0 Å². The van der Waals surface area contributed by atoms with Crippen molar-refractivity contribution >= 4 is 7.81 Å². The summed E-state index contributed by atoms with van der Waals surface area (Å²) in [6.07, 6.45) is 0. The van der Waals surface area contributed by atoms with E-state index < -0.39 is 7.81 Å². The summed E-state index contributed by atoms with van der Waals surface area (Å²) in [5, 5.41) is 0. The fourth-order valence-corrected chi connectivity index (χ4v) is 0. The van der Waals surface area contributed by atoms with Gasteiger partial charge < -0.3 is 0 Å². The molecule has 0 aliphatic carbocycles. The predicted molar refractivity (Wildman–Crippen MR) is 28.7 cm³/mol. The second-order valence-corrected chi connectivity index (χ2v) is 5.14. The Kier molecular flexibility index (Phi) is 3.56. The molecule has 0 fully saturated rings. The van der Waals surface area contributed by atoms with E-state index in [-0.39, 0.29) is 0 Å². The van der Waals surface area contributed by atoms with Crippen molar-refractivity contribution in [2.45, 2.75) is 18.7 Å². The van der Waals surface area contributed by atoms with Gasteiger partial charge >= 0.3 is 67.7 Å². The van der Waals surface area contributed by atoms with Crippen LogP contribution in [0.1, 0.15) is 13.8 Å². The average Bonchev–Trinajstić information content (AvgIpc) is 1.11. The van der Waals surface area contributed by atoms with Crippen LogP contribution in [0.3, 0.4) is 0 Å². The average molecular weight is 244 g/mol. The Hall–Kier alpha value is 0.529. The quantitative estimate of drug-likeness (QED) is 0.327. The van der Waals surface area contributed by atoms with Crippen LogP contribution in [0, 0.1) is 0 Å². The topological polar surface area (TPSA) is 0 Å². The molecule has 11 heavy (non-hydrogen) atoms. The van der Waals surface area contributed by atoms with Crippen LogP contribution in [0.15, 0.2) is 0 Å². The maximum atomic E-state index is 9.87. The fourth-order valence-electron chi connectivity index (χ4n) is 0. The summed E-state index contributed by atoms with van der Waals surface area (Å²) in [5.41, 5.74) is 0. The van der Waals surface area contributed by atoms with Gasteiger partial charge in [-0.2, -0.15) is 0 Å². The molecule has 0 atom stereocenters. The molecule has 0 unspecified atom stereocenters. The first-order valence-electron chi connectivity index (χ1n) is 2.37. The summed E-state index contributed by atoms with van der Waals surface area (Å²) in [7, 11) is -10.7. The van der Waals surface area contributed by atoms with Gasteiger partial charge in [-0.25, -0.2) is 0 Å². The summed E-state index contributed by atoms with van der Waals surface area (Å²) in [6.45, 7) is 4.11.